The van der Waals surface area contributed by atoms with E-state index in [9.17, 15) is 4.79 Å². The zero-order valence-corrected chi connectivity index (χ0v) is 19.3. The molecule has 3 aromatic heterocycles. The van der Waals surface area contributed by atoms with Crippen LogP contribution >= 0.6 is 0 Å². The highest BCUT2D eigenvalue weighted by atomic mass is 16.5. The number of hydrogen-bond acceptors (Lipinski definition) is 7. The van der Waals surface area contributed by atoms with Gasteiger partial charge in [-0.05, 0) is 49.9 Å². The summed E-state index contributed by atoms with van der Waals surface area (Å²) in [5.41, 5.74) is 9.53. The van der Waals surface area contributed by atoms with Crippen LogP contribution in [0, 0.1) is 11.3 Å². The maximum atomic E-state index is 12.7. The smallest absolute Gasteiger partial charge is 0.256 e. The highest BCUT2D eigenvalue weighted by molar-refractivity contribution is 6.04. The Morgan fingerprint density at radius 2 is 1.91 bits per heavy atom. The molecule has 0 bridgehead atoms. The summed E-state index contributed by atoms with van der Waals surface area (Å²) >= 11 is 0. The van der Waals surface area contributed by atoms with E-state index in [1.165, 1.54) is 12.3 Å². The molecule has 9 nitrogen and oxygen atoms in total. The SMILES string of the molecule is CO[C@H]1CC[C@@H](c2nc(-c3ccc(C(=O)Nc4cc(C#N)ccn4)cc3)c3c(N)nccn32)CC1. The normalized spacial score (nSPS) is 17.7. The molecule has 1 aliphatic rings. The Morgan fingerprint density at radius 1 is 1.14 bits per heavy atom. The molecule has 176 valence electrons. The van der Waals surface area contributed by atoms with E-state index in [1.54, 1.807) is 31.5 Å². The summed E-state index contributed by atoms with van der Waals surface area (Å²) in [4.78, 5) is 26.1. The van der Waals surface area contributed by atoms with E-state index >= 15 is 0 Å². The molecule has 0 unspecified atom stereocenters. The number of rotatable bonds is 5. The number of aromatic nitrogens is 4. The summed E-state index contributed by atoms with van der Waals surface area (Å²) in [5.74, 6) is 1.71. The quantitative estimate of drug-likeness (QED) is 0.450. The molecule has 35 heavy (non-hydrogen) atoms. The molecule has 1 aliphatic carbocycles. The third kappa shape index (κ3) is 4.44. The number of imidazole rings is 1. The molecule has 9 heteroatoms. The van der Waals surface area contributed by atoms with Crippen molar-refractivity contribution in [3.8, 4) is 17.3 Å². The van der Waals surface area contributed by atoms with Gasteiger partial charge in [-0.3, -0.25) is 9.20 Å². The number of ether oxygens (including phenoxy) is 1. The van der Waals surface area contributed by atoms with E-state index in [4.69, 9.17) is 20.7 Å². The molecule has 3 N–H and O–H groups in total. The minimum atomic E-state index is -0.314. The van der Waals surface area contributed by atoms with Crippen LogP contribution in [-0.4, -0.2) is 38.5 Å². The predicted molar refractivity (Wildman–Crippen MR) is 132 cm³/mol. The lowest BCUT2D eigenvalue weighted by Gasteiger charge is -2.26. The van der Waals surface area contributed by atoms with Crippen LogP contribution in [-0.2, 0) is 4.74 Å². The van der Waals surface area contributed by atoms with Gasteiger partial charge in [0.25, 0.3) is 5.91 Å². The van der Waals surface area contributed by atoms with Gasteiger partial charge in [-0.1, -0.05) is 12.1 Å². The average Bonchev–Trinajstić information content (AvgIpc) is 3.30. The summed E-state index contributed by atoms with van der Waals surface area (Å²) in [6, 6.07) is 12.3. The monoisotopic (exact) mass is 467 g/mol. The van der Waals surface area contributed by atoms with E-state index in [-0.39, 0.29) is 5.91 Å². The van der Waals surface area contributed by atoms with Crippen molar-refractivity contribution in [3.63, 3.8) is 0 Å². The number of benzene rings is 1. The van der Waals surface area contributed by atoms with Gasteiger partial charge < -0.3 is 15.8 Å². The van der Waals surface area contributed by atoms with Crippen LogP contribution < -0.4 is 11.1 Å². The van der Waals surface area contributed by atoms with Gasteiger partial charge in [0.1, 0.15) is 28.7 Å². The van der Waals surface area contributed by atoms with Gasteiger partial charge in [-0.2, -0.15) is 5.26 Å². The average molecular weight is 468 g/mol. The number of anilines is 2. The molecule has 1 saturated carbocycles. The zero-order chi connectivity index (χ0) is 24.4. The number of carbonyl (C=O) groups is 1. The fourth-order valence-electron chi connectivity index (χ4n) is 4.67. The Bertz CT molecular complexity index is 1410. The van der Waals surface area contributed by atoms with Gasteiger partial charge in [-0.25, -0.2) is 15.0 Å². The van der Waals surface area contributed by atoms with Crippen molar-refractivity contribution in [2.24, 2.45) is 0 Å². The first kappa shape index (κ1) is 22.5. The second-order valence-electron chi connectivity index (χ2n) is 8.63. The van der Waals surface area contributed by atoms with Gasteiger partial charge in [0.15, 0.2) is 0 Å². The lowest BCUT2D eigenvalue weighted by molar-refractivity contribution is 0.0650. The standard InChI is InChI=1S/C26H25N7O2/c1-35-20-8-6-18(7-9-20)25-32-22(23-24(28)30-12-13-33(23)25)17-2-4-19(5-3-17)26(34)31-21-14-16(15-27)10-11-29-21/h2-5,10-14,18,20H,6-9H2,1H3,(H2,28,30)(H,29,31,34)/t18-,20+. The number of methoxy groups -OCH3 is 1. The minimum Gasteiger partial charge on any atom is -0.382 e. The first-order chi connectivity index (χ1) is 17.1. The van der Waals surface area contributed by atoms with Gasteiger partial charge in [0.05, 0.1) is 17.7 Å². The fraction of sp³-hybridized carbons (Fsp3) is 0.269. The second-order valence-corrected chi connectivity index (χ2v) is 8.63. The molecular weight excluding hydrogens is 442 g/mol. The molecule has 0 radical (unpaired) electrons. The third-order valence-corrected chi connectivity index (χ3v) is 6.53. The van der Waals surface area contributed by atoms with Crippen LogP contribution in [0.15, 0.2) is 55.0 Å². The maximum absolute atomic E-state index is 12.7. The molecule has 0 atom stereocenters. The molecule has 1 aromatic carbocycles. The fourth-order valence-corrected chi connectivity index (χ4v) is 4.67. The Hall–Kier alpha value is -4.29. The van der Waals surface area contributed by atoms with Crippen molar-refractivity contribution in [1.29, 1.82) is 5.26 Å². The molecule has 0 spiro atoms. The number of nitrogens with zero attached hydrogens (tertiary/aromatic N) is 5. The number of nitriles is 1. The lowest BCUT2D eigenvalue weighted by atomic mass is 9.87. The molecule has 1 fully saturated rings. The van der Waals surface area contributed by atoms with Gasteiger partial charge in [0.2, 0.25) is 0 Å². The highest BCUT2D eigenvalue weighted by Gasteiger charge is 2.27. The third-order valence-electron chi connectivity index (χ3n) is 6.53. The van der Waals surface area contributed by atoms with Crippen molar-refractivity contribution < 1.29 is 9.53 Å². The van der Waals surface area contributed by atoms with E-state index in [0.717, 1.165) is 48.3 Å². The summed E-state index contributed by atoms with van der Waals surface area (Å²) in [5, 5.41) is 11.8. The largest absolute Gasteiger partial charge is 0.382 e. The summed E-state index contributed by atoms with van der Waals surface area (Å²) in [6.45, 7) is 0. The topological polar surface area (TPSA) is 131 Å². The zero-order valence-electron chi connectivity index (χ0n) is 19.3. The van der Waals surface area contributed by atoms with Gasteiger partial charge in [-0.15, -0.1) is 0 Å². The van der Waals surface area contributed by atoms with Crippen LogP contribution in [0.2, 0.25) is 0 Å². The number of nitrogens with one attached hydrogen (secondary N) is 1. The predicted octanol–water partition coefficient (Wildman–Crippen LogP) is 4.17. The first-order valence-electron chi connectivity index (χ1n) is 11.5. The Labute approximate surface area is 202 Å². The summed E-state index contributed by atoms with van der Waals surface area (Å²) < 4.78 is 7.57. The molecular formula is C26H25N7O2. The second kappa shape index (κ2) is 9.52. The molecule has 0 saturated heterocycles. The van der Waals surface area contributed by atoms with Crippen molar-refractivity contribution in [3.05, 3.63) is 71.9 Å². The van der Waals surface area contributed by atoms with Crippen molar-refractivity contribution in [1.82, 2.24) is 19.4 Å². The van der Waals surface area contributed by atoms with Gasteiger partial charge in [0, 0.05) is 42.7 Å². The Balaban J connectivity index is 1.43. The molecule has 4 aromatic rings. The number of fused-ring (bicyclic) bond motifs is 1. The molecule has 0 aliphatic heterocycles. The Morgan fingerprint density at radius 3 is 2.63 bits per heavy atom. The van der Waals surface area contributed by atoms with Crippen LogP contribution in [0.25, 0.3) is 16.8 Å². The molecule has 5 rings (SSSR count). The van der Waals surface area contributed by atoms with E-state index in [2.05, 4.69) is 15.3 Å². The van der Waals surface area contributed by atoms with Crippen LogP contribution in [0.1, 0.15) is 53.3 Å². The lowest BCUT2D eigenvalue weighted by Crippen LogP contribution is -2.20. The van der Waals surface area contributed by atoms with Crippen LogP contribution in [0.4, 0.5) is 11.6 Å². The van der Waals surface area contributed by atoms with Crippen molar-refractivity contribution >= 4 is 23.1 Å². The maximum Gasteiger partial charge on any atom is 0.256 e. The Kier molecular flexibility index (Phi) is 6.12. The number of hydrogen-bond donors (Lipinski definition) is 2. The number of pyridine rings is 1. The van der Waals surface area contributed by atoms with Crippen LogP contribution in [0.5, 0.6) is 0 Å². The highest BCUT2D eigenvalue weighted by Crippen LogP contribution is 2.37. The summed E-state index contributed by atoms with van der Waals surface area (Å²) in [6.07, 6.45) is 9.40. The summed E-state index contributed by atoms with van der Waals surface area (Å²) in [7, 11) is 1.77. The molecule has 3 heterocycles. The number of nitrogen functional groups attached to an aromatic ring is 1. The van der Waals surface area contributed by atoms with E-state index in [0.29, 0.717) is 34.8 Å². The van der Waals surface area contributed by atoms with Gasteiger partial charge >= 0.3 is 0 Å². The molecule has 1 amide bonds. The number of carbonyl (C=O) groups excluding carboxylic acids is 1. The minimum absolute atomic E-state index is 0.306. The number of nitrogens with two attached hydrogens (primary N) is 1. The van der Waals surface area contributed by atoms with Crippen molar-refractivity contribution in [2.45, 2.75) is 37.7 Å². The van der Waals surface area contributed by atoms with E-state index < -0.39 is 0 Å². The van der Waals surface area contributed by atoms with Crippen LogP contribution in [0.3, 0.4) is 0 Å². The van der Waals surface area contributed by atoms with E-state index in [1.807, 2.05) is 28.8 Å². The van der Waals surface area contributed by atoms with Crippen molar-refractivity contribution in [2.75, 3.05) is 18.2 Å². The number of amides is 1. The first-order valence-corrected chi connectivity index (χ1v) is 11.5.